The van der Waals surface area contributed by atoms with Crippen LogP contribution in [0.25, 0.3) is 10.9 Å². The minimum Gasteiger partial charge on any atom is -0.326 e. The summed E-state index contributed by atoms with van der Waals surface area (Å²) in [6, 6.07) is 8.24. The SMILES string of the molecule is Cc1c(CN)cnn1Cc1nn(C)c2ccccc12. The first-order chi connectivity index (χ1) is 9.20. The fourth-order valence-corrected chi connectivity index (χ4v) is 2.39. The third-order valence-corrected chi connectivity index (χ3v) is 3.56. The Balaban J connectivity index is 2.03. The number of benzene rings is 1. The highest BCUT2D eigenvalue weighted by atomic mass is 15.3. The number of nitrogens with zero attached hydrogens (tertiary/aromatic N) is 4. The van der Waals surface area contributed by atoms with Gasteiger partial charge in [0.25, 0.3) is 0 Å². The van der Waals surface area contributed by atoms with Crippen LogP contribution in [0.3, 0.4) is 0 Å². The Hall–Kier alpha value is -2.14. The summed E-state index contributed by atoms with van der Waals surface area (Å²) in [5.41, 5.74) is 10.0. The van der Waals surface area contributed by atoms with Crippen LogP contribution in [0.2, 0.25) is 0 Å². The number of aryl methyl sites for hydroxylation is 1. The molecule has 0 atom stereocenters. The van der Waals surface area contributed by atoms with Crippen LogP contribution in [-0.4, -0.2) is 19.6 Å². The van der Waals surface area contributed by atoms with Crippen molar-refractivity contribution in [3.05, 3.63) is 47.4 Å². The molecule has 2 aromatic heterocycles. The Morgan fingerprint density at radius 3 is 2.79 bits per heavy atom. The van der Waals surface area contributed by atoms with Gasteiger partial charge in [-0.05, 0) is 13.0 Å². The van der Waals surface area contributed by atoms with Gasteiger partial charge in [0.15, 0.2) is 0 Å². The Bertz CT molecular complexity index is 723. The molecule has 0 amide bonds. The molecule has 0 spiro atoms. The Labute approximate surface area is 111 Å². The van der Waals surface area contributed by atoms with Crippen molar-refractivity contribution in [2.24, 2.45) is 12.8 Å². The highest BCUT2D eigenvalue weighted by Gasteiger charge is 2.11. The Morgan fingerprint density at radius 2 is 2.05 bits per heavy atom. The van der Waals surface area contributed by atoms with Gasteiger partial charge in [-0.3, -0.25) is 9.36 Å². The summed E-state index contributed by atoms with van der Waals surface area (Å²) < 4.78 is 3.87. The second kappa shape index (κ2) is 4.51. The van der Waals surface area contributed by atoms with Crippen LogP contribution in [0.4, 0.5) is 0 Å². The minimum absolute atomic E-state index is 0.523. The van der Waals surface area contributed by atoms with E-state index in [9.17, 15) is 0 Å². The first-order valence-electron chi connectivity index (χ1n) is 6.32. The summed E-state index contributed by atoms with van der Waals surface area (Å²) in [5.74, 6) is 0. The van der Waals surface area contributed by atoms with E-state index < -0.39 is 0 Å². The zero-order valence-corrected chi connectivity index (χ0v) is 11.2. The van der Waals surface area contributed by atoms with E-state index in [0.717, 1.165) is 22.5 Å². The van der Waals surface area contributed by atoms with Gasteiger partial charge in [0.1, 0.15) is 0 Å². The normalized spacial score (nSPS) is 11.3. The lowest BCUT2D eigenvalue weighted by Crippen LogP contribution is -2.06. The van der Waals surface area contributed by atoms with Gasteiger partial charge in [0.05, 0.1) is 24.0 Å². The Morgan fingerprint density at radius 1 is 1.26 bits per heavy atom. The van der Waals surface area contributed by atoms with E-state index in [-0.39, 0.29) is 0 Å². The zero-order chi connectivity index (χ0) is 13.4. The molecule has 0 saturated carbocycles. The van der Waals surface area contributed by atoms with Crippen LogP contribution in [-0.2, 0) is 20.1 Å². The van der Waals surface area contributed by atoms with E-state index in [4.69, 9.17) is 5.73 Å². The van der Waals surface area contributed by atoms with Crippen LogP contribution in [0.1, 0.15) is 17.0 Å². The molecule has 98 valence electrons. The highest BCUT2D eigenvalue weighted by Crippen LogP contribution is 2.19. The molecule has 2 heterocycles. The third-order valence-electron chi connectivity index (χ3n) is 3.56. The first kappa shape index (κ1) is 11.9. The summed E-state index contributed by atoms with van der Waals surface area (Å²) in [7, 11) is 1.97. The number of hydrogen-bond donors (Lipinski definition) is 1. The molecule has 0 fully saturated rings. The molecule has 0 aliphatic carbocycles. The van der Waals surface area contributed by atoms with Gasteiger partial charge in [-0.2, -0.15) is 10.2 Å². The molecule has 0 bridgehead atoms. The minimum atomic E-state index is 0.523. The zero-order valence-electron chi connectivity index (χ0n) is 11.2. The average molecular weight is 255 g/mol. The summed E-state index contributed by atoms with van der Waals surface area (Å²) in [4.78, 5) is 0. The number of nitrogens with two attached hydrogens (primary N) is 1. The summed E-state index contributed by atoms with van der Waals surface area (Å²) in [5, 5.41) is 10.1. The summed E-state index contributed by atoms with van der Waals surface area (Å²) in [6.45, 7) is 3.24. The van der Waals surface area contributed by atoms with E-state index in [2.05, 4.69) is 22.3 Å². The largest absolute Gasteiger partial charge is 0.326 e. The van der Waals surface area contributed by atoms with Crippen LogP contribution in [0.5, 0.6) is 0 Å². The van der Waals surface area contributed by atoms with Gasteiger partial charge in [0.2, 0.25) is 0 Å². The lowest BCUT2D eigenvalue weighted by Gasteiger charge is -2.03. The topological polar surface area (TPSA) is 61.7 Å². The van der Waals surface area contributed by atoms with Crippen molar-refractivity contribution in [2.75, 3.05) is 0 Å². The molecule has 2 N–H and O–H groups in total. The number of hydrogen-bond acceptors (Lipinski definition) is 3. The molecule has 0 saturated heterocycles. The Kier molecular flexibility index (Phi) is 2.83. The molecule has 3 aromatic rings. The second-order valence-corrected chi connectivity index (χ2v) is 4.70. The van der Waals surface area contributed by atoms with Gasteiger partial charge < -0.3 is 5.73 Å². The van der Waals surface area contributed by atoms with Gasteiger partial charge in [-0.15, -0.1) is 0 Å². The second-order valence-electron chi connectivity index (χ2n) is 4.70. The first-order valence-corrected chi connectivity index (χ1v) is 6.32. The molecule has 1 aromatic carbocycles. The molecule has 19 heavy (non-hydrogen) atoms. The van der Waals surface area contributed by atoms with E-state index in [1.165, 1.54) is 5.39 Å². The molecule has 3 rings (SSSR count). The summed E-state index contributed by atoms with van der Waals surface area (Å²) in [6.07, 6.45) is 1.83. The van der Waals surface area contributed by atoms with Crippen LogP contribution >= 0.6 is 0 Å². The molecule has 0 radical (unpaired) electrons. The van der Waals surface area contributed by atoms with Crippen molar-refractivity contribution in [1.29, 1.82) is 0 Å². The van der Waals surface area contributed by atoms with Crippen molar-refractivity contribution < 1.29 is 0 Å². The van der Waals surface area contributed by atoms with E-state index >= 15 is 0 Å². The average Bonchev–Trinajstić information content (AvgIpc) is 2.93. The van der Waals surface area contributed by atoms with Crippen molar-refractivity contribution in [3.8, 4) is 0 Å². The standard InChI is InChI=1S/C14H17N5/c1-10-11(7-15)8-16-19(10)9-13-12-5-3-4-6-14(12)18(2)17-13/h3-6,8H,7,9,15H2,1-2H3. The predicted molar refractivity (Wildman–Crippen MR) is 74.7 cm³/mol. The van der Waals surface area contributed by atoms with E-state index in [1.807, 2.05) is 41.7 Å². The maximum absolute atomic E-state index is 5.68. The predicted octanol–water partition coefficient (Wildman–Crippen LogP) is 1.59. The van der Waals surface area contributed by atoms with Gasteiger partial charge in [0, 0.05) is 30.2 Å². The third kappa shape index (κ3) is 1.92. The van der Waals surface area contributed by atoms with Gasteiger partial charge in [-0.1, -0.05) is 18.2 Å². The molecule has 0 unspecified atom stereocenters. The highest BCUT2D eigenvalue weighted by molar-refractivity contribution is 5.81. The fraction of sp³-hybridized carbons (Fsp3) is 0.286. The maximum atomic E-state index is 5.68. The molecule has 0 aliphatic rings. The van der Waals surface area contributed by atoms with Crippen molar-refractivity contribution >= 4 is 10.9 Å². The smallest absolute Gasteiger partial charge is 0.0918 e. The van der Waals surface area contributed by atoms with Crippen LogP contribution < -0.4 is 5.73 Å². The number of para-hydroxylation sites is 1. The van der Waals surface area contributed by atoms with Crippen molar-refractivity contribution in [1.82, 2.24) is 19.6 Å². The van der Waals surface area contributed by atoms with Crippen molar-refractivity contribution in [3.63, 3.8) is 0 Å². The molecular weight excluding hydrogens is 238 g/mol. The van der Waals surface area contributed by atoms with Gasteiger partial charge >= 0.3 is 0 Å². The monoisotopic (exact) mass is 255 g/mol. The lowest BCUT2D eigenvalue weighted by atomic mass is 10.2. The van der Waals surface area contributed by atoms with E-state index in [1.54, 1.807) is 0 Å². The fourth-order valence-electron chi connectivity index (χ4n) is 2.39. The lowest BCUT2D eigenvalue weighted by molar-refractivity contribution is 0.638. The van der Waals surface area contributed by atoms with Crippen LogP contribution in [0.15, 0.2) is 30.5 Å². The molecule has 5 nitrogen and oxygen atoms in total. The molecule has 0 aliphatic heterocycles. The number of aromatic nitrogens is 4. The van der Waals surface area contributed by atoms with Crippen molar-refractivity contribution in [2.45, 2.75) is 20.0 Å². The maximum Gasteiger partial charge on any atom is 0.0918 e. The number of rotatable bonds is 3. The molecule has 5 heteroatoms. The van der Waals surface area contributed by atoms with Gasteiger partial charge in [-0.25, -0.2) is 0 Å². The summed E-state index contributed by atoms with van der Waals surface area (Å²) >= 11 is 0. The number of fused-ring (bicyclic) bond motifs is 1. The molecular formula is C14H17N5. The van der Waals surface area contributed by atoms with Crippen LogP contribution in [0, 0.1) is 6.92 Å². The quantitative estimate of drug-likeness (QED) is 0.773. The van der Waals surface area contributed by atoms with E-state index in [0.29, 0.717) is 13.1 Å².